The molecule has 1 aromatic heterocycles. The standard InChI is InChI=1S/C21H20O9/c1-9-18(25)19(26)20(27)21(28-9)29-12-6-13(23)17-14(24)8-15(30-16(17)7-12)10-2-4-11(22)5-3-10/h2-9,18-23,25-27H,1H3/t9-,18+,19-,20-,21+/m0/s1. The van der Waals surface area contributed by atoms with E-state index in [1.165, 1.54) is 31.2 Å². The Labute approximate surface area is 170 Å². The highest BCUT2D eigenvalue weighted by Gasteiger charge is 2.43. The first-order valence-electron chi connectivity index (χ1n) is 9.21. The van der Waals surface area contributed by atoms with E-state index in [1.807, 2.05) is 0 Å². The number of fused-ring (bicyclic) bond motifs is 1. The summed E-state index contributed by atoms with van der Waals surface area (Å²) in [5.74, 6) is -0.105. The number of aromatic hydroxyl groups is 2. The Morgan fingerprint density at radius 3 is 2.33 bits per heavy atom. The fourth-order valence-corrected chi connectivity index (χ4v) is 3.32. The smallest absolute Gasteiger partial charge is 0.229 e. The maximum absolute atomic E-state index is 12.5. The molecule has 30 heavy (non-hydrogen) atoms. The van der Waals surface area contributed by atoms with Crippen molar-refractivity contribution in [1.82, 2.24) is 0 Å². The molecule has 2 aromatic carbocycles. The van der Waals surface area contributed by atoms with Crippen molar-refractivity contribution >= 4 is 11.0 Å². The van der Waals surface area contributed by atoms with Crippen LogP contribution in [0.4, 0.5) is 0 Å². The fourth-order valence-electron chi connectivity index (χ4n) is 3.32. The molecule has 0 amide bonds. The van der Waals surface area contributed by atoms with Crippen molar-refractivity contribution in [1.29, 1.82) is 0 Å². The van der Waals surface area contributed by atoms with Crippen LogP contribution < -0.4 is 10.2 Å². The molecule has 4 rings (SSSR count). The third kappa shape index (κ3) is 3.59. The van der Waals surface area contributed by atoms with Gasteiger partial charge in [-0.3, -0.25) is 4.79 Å². The second kappa shape index (κ2) is 7.62. The fraction of sp³-hybridized carbons (Fsp3) is 0.286. The van der Waals surface area contributed by atoms with Gasteiger partial charge in [0.25, 0.3) is 0 Å². The molecule has 3 aromatic rings. The van der Waals surface area contributed by atoms with Gasteiger partial charge in [-0.25, -0.2) is 0 Å². The summed E-state index contributed by atoms with van der Waals surface area (Å²) in [6, 6.07) is 9.76. The van der Waals surface area contributed by atoms with Gasteiger partial charge in [-0.2, -0.15) is 0 Å². The van der Waals surface area contributed by atoms with Gasteiger partial charge >= 0.3 is 0 Å². The van der Waals surface area contributed by atoms with Crippen molar-refractivity contribution in [2.75, 3.05) is 0 Å². The van der Waals surface area contributed by atoms with Crippen LogP contribution >= 0.6 is 0 Å². The van der Waals surface area contributed by atoms with Crippen LogP contribution in [0.5, 0.6) is 17.2 Å². The number of hydrogen-bond acceptors (Lipinski definition) is 9. The van der Waals surface area contributed by atoms with Crippen molar-refractivity contribution < 1.29 is 39.4 Å². The molecule has 0 radical (unpaired) electrons. The predicted octanol–water partition coefficient (Wildman–Crippen LogP) is 1.08. The molecule has 0 spiro atoms. The molecule has 1 fully saturated rings. The quantitative estimate of drug-likeness (QED) is 0.423. The number of aliphatic hydroxyl groups excluding tert-OH is 3. The van der Waals surface area contributed by atoms with E-state index in [9.17, 15) is 30.3 Å². The zero-order valence-electron chi connectivity index (χ0n) is 15.8. The third-order valence-corrected chi connectivity index (χ3v) is 5.00. The average Bonchev–Trinajstić information content (AvgIpc) is 2.70. The third-order valence-electron chi connectivity index (χ3n) is 5.00. The maximum atomic E-state index is 12.5. The Morgan fingerprint density at radius 2 is 1.63 bits per heavy atom. The van der Waals surface area contributed by atoms with Gasteiger partial charge in [0.05, 0.1) is 6.10 Å². The molecule has 0 aliphatic carbocycles. The second-order valence-electron chi connectivity index (χ2n) is 7.14. The summed E-state index contributed by atoms with van der Waals surface area (Å²) in [4.78, 5) is 12.5. The number of hydrogen-bond donors (Lipinski definition) is 5. The van der Waals surface area contributed by atoms with Crippen molar-refractivity contribution in [3.05, 3.63) is 52.7 Å². The van der Waals surface area contributed by atoms with E-state index >= 15 is 0 Å². The number of ether oxygens (including phenoxy) is 2. The van der Waals surface area contributed by atoms with Crippen LogP contribution in [-0.2, 0) is 4.74 Å². The Bertz CT molecular complexity index is 1120. The zero-order chi connectivity index (χ0) is 21.6. The van der Waals surface area contributed by atoms with Crippen LogP contribution in [0.25, 0.3) is 22.3 Å². The van der Waals surface area contributed by atoms with Gasteiger partial charge in [0, 0.05) is 23.8 Å². The average molecular weight is 416 g/mol. The van der Waals surface area contributed by atoms with Crippen LogP contribution in [0.3, 0.4) is 0 Å². The van der Waals surface area contributed by atoms with Gasteiger partial charge in [0.15, 0.2) is 5.43 Å². The SMILES string of the molecule is C[C@@H]1O[C@H](Oc2cc(O)c3c(=O)cc(-c4ccc(O)cc4)oc3c2)[C@@H](O)[C@@H](O)[C@@H]1O. The minimum atomic E-state index is -1.54. The van der Waals surface area contributed by atoms with E-state index in [1.54, 1.807) is 12.1 Å². The molecule has 0 saturated carbocycles. The molecule has 2 heterocycles. The van der Waals surface area contributed by atoms with Crippen molar-refractivity contribution in [3.8, 4) is 28.6 Å². The summed E-state index contributed by atoms with van der Waals surface area (Å²) in [7, 11) is 0. The normalized spacial score (nSPS) is 26.6. The molecule has 0 bridgehead atoms. The molecular formula is C21H20O9. The molecule has 0 unspecified atom stereocenters. The first-order valence-corrected chi connectivity index (χ1v) is 9.21. The van der Waals surface area contributed by atoms with E-state index in [0.717, 1.165) is 6.07 Å². The minimum Gasteiger partial charge on any atom is -0.508 e. The second-order valence-corrected chi connectivity index (χ2v) is 7.14. The lowest BCUT2D eigenvalue weighted by atomic mass is 10.00. The molecule has 158 valence electrons. The van der Waals surface area contributed by atoms with Crippen LogP contribution in [0, 0.1) is 0 Å². The van der Waals surface area contributed by atoms with Crippen molar-refractivity contribution in [2.45, 2.75) is 37.6 Å². The first kappa shape index (κ1) is 20.2. The monoisotopic (exact) mass is 416 g/mol. The summed E-state index contributed by atoms with van der Waals surface area (Å²) >= 11 is 0. The molecular weight excluding hydrogens is 396 g/mol. The van der Waals surface area contributed by atoms with E-state index in [2.05, 4.69) is 0 Å². The Balaban J connectivity index is 1.72. The van der Waals surface area contributed by atoms with E-state index in [0.29, 0.717) is 5.56 Å². The zero-order valence-corrected chi connectivity index (χ0v) is 15.8. The maximum Gasteiger partial charge on any atom is 0.229 e. The summed E-state index contributed by atoms with van der Waals surface area (Å²) in [5.41, 5.74) is 0.0820. The van der Waals surface area contributed by atoms with Crippen LogP contribution in [0.1, 0.15) is 6.92 Å². The predicted molar refractivity (Wildman–Crippen MR) is 104 cm³/mol. The Morgan fingerprint density at radius 1 is 0.933 bits per heavy atom. The van der Waals surface area contributed by atoms with Gasteiger partial charge in [-0.1, -0.05) is 0 Å². The number of phenols is 2. The number of aliphatic hydroxyl groups is 3. The molecule has 1 aliphatic heterocycles. The largest absolute Gasteiger partial charge is 0.508 e. The Kier molecular flexibility index (Phi) is 5.12. The summed E-state index contributed by atoms with van der Waals surface area (Å²) in [5, 5.41) is 49.5. The number of rotatable bonds is 3. The molecule has 9 heteroatoms. The Hall–Kier alpha value is -3.11. The molecule has 5 N–H and O–H groups in total. The van der Waals surface area contributed by atoms with Crippen LogP contribution in [-0.4, -0.2) is 56.2 Å². The lowest BCUT2D eigenvalue weighted by Gasteiger charge is -2.38. The van der Waals surface area contributed by atoms with Gasteiger partial charge in [-0.15, -0.1) is 0 Å². The van der Waals surface area contributed by atoms with Gasteiger partial charge in [0.1, 0.15) is 52.3 Å². The highest BCUT2D eigenvalue weighted by Crippen LogP contribution is 2.33. The lowest BCUT2D eigenvalue weighted by molar-refractivity contribution is -0.268. The van der Waals surface area contributed by atoms with E-state index in [-0.39, 0.29) is 28.2 Å². The van der Waals surface area contributed by atoms with Crippen LogP contribution in [0.2, 0.25) is 0 Å². The molecule has 1 aliphatic rings. The topological polar surface area (TPSA) is 150 Å². The minimum absolute atomic E-state index is 0.0193. The lowest BCUT2D eigenvalue weighted by Crippen LogP contribution is -2.58. The van der Waals surface area contributed by atoms with E-state index < -0.39 is 41.9 Å². The summed E-state index contributed by atoms with van der Waals surface area (Å²) in [6.07, 6.45) is -6.42. The summed E-state index contributed by atoms with van der Waals surface area (Å²) in [6.45, 7) is 1.51. The van der Waals surface area contributed by atoms with Crippen molar-refractivity contribution in [3.63, 3.8) is 0 Å². The van der Waals surface area contributed by atoms with Crippen molar-refractivity contribution in [2.24, 2.45) is 0 Å². The van der Waals surface area contributed by atoms with Gasteiger partial charge < -0.3 is 39.4 Å². The molecule has 9 nitrogen and oxygen atoms in total. The van der Waals surface area contributed by atoms with Gasteiger partial charge in [0.2, 0.25) is 6.29 Å². The van der Waals surface area contributed by atoms with E-state index in [4.69, 9.17) is 13.9 Å². The molecule has 5 atom stereocenters. The first-order chi connectivity index (χ1) is 14.2. The number of phenolic OH excluding ortho intramolecular Hbond substituents is 2. The van der Waals surface area contributed by atoms with Gasteiger partial charge in [-0.05, 0) is 31.2 Å². The van der Waals surface area contributed by atoms with Crippen LogP contribution in [0.15, 0.2) is 51.7 Å². The summed E-state index contributed by atoms with van der Waals surface area (Å²) < 4.78 is 16.7. The number of benzene rings is 2. The molecule has 1 saturated heterocycles. The highest BCUT2D eigenvalue weighted by atomic mass is 16.7. The highest BCUT2D eigenvalue weighted by molar-refractivity contribution is 5.86.